The topological polar surface area (TPSA) is 66.5 Å². The van der Waals surface area contributed by atoms with E-state index in [4.69, 9.17) is 0 Å². The number of sulfonamides is 1. The number of rotatable bonds is 7. The number of benzene rings is 3. The molecule has 0 atom stereocenters. The Hall–Kier alpha value is -3.03. The van der Waals surface area contributed by atoms with Gasteiger partial charge >= 0.3 is 0 Å². The van der Waals surface area contributed by atoms with Crippen molar-refractivity contribution in [3.05, 3.63) is 101 Å². The molecule has 0 radical (unpaired) electrons. The van der Waals surface area contributed by atoms with Crippen LogP contribution in [0.15, 0.2) is 83.8 Å². The summed E-state index contributed by atoms with van der Waals surface area (Å²) in [6, 6.07) is 23.2. The highest BCUT2D eigenvalue weighted by atomic mass is 32.2. The first kappa shape index (κ1) is 22.2. The summed E-state index contributed by atoms with van der Waals surface area (Å²) in [6.07, 6.45) is 1.50. The van der Waals surface area contributed by atoms with Crippen LogP contribution in [-0.2, 0) is 10.0 Å². The Balaban J connectivity index is 1.56. The van der Waals surface area contributed by atoms with Crippen LogP contribution in [0.4, 0.5) is 4.39 Å². The van der Waals surface area contributed by atoms with E-state index in [1.54, 1.807) is 0 Å². The Labute approximate surface area is 187 Å². The van der Waals surface area contributed by atoms with E-state index in [-0.39, 0.29) is 11.5 Å². The summed E-state index contributed by atoms with van der Waals surface area (Å²) in [5.74, 6) is -1.37. The van der Waals surface area contributed by atoms with E-state index in [0.29, 0.717) is 19.6 Å². The standard InChI is InChI=1S/C25H25FN2O3S/c26-23-14-13-21(17-24(23)32(30,31)28-15-7-8-16-28)25(29)27-18-22(19-9-3-1-4-10-19)20-11-5-2-6-12-20/h1-6,9-14,17,22H,7-8,15-16,18H2,(H,27,29). The maximum atomic E-state index is 14.4. The summed E-state index contributed by atoms with van der Waals surface area (Å²) in [6.45, 7) is 1.06. The molecule has 32 heavy (non-hydrogen) atoms. The van der Waals surface area contributed by atoms with Crippen molar-refractivity contribution in [3.63, 3.8) is 0 Å². The van der Waals surface area contributed by atoms with Gasteiger partial charge in [0.05, 0.1) is 0 Å². The van der Waals surface area contributed by atoms with E-state index >= 15 is 0 Å². The highest BCUT2D eigenvalue weighted by Gasteiger charge is 2.30. The molecule has 3 aromatic carbocycles. The molecule has 0 bridgehead atoms. The molecule has 1 amide bonds. The average molecular weight is 453 g/mol. The SMILES string of the molecule is O=C(NCC(c1ccccc1)c1ccccc1)c1ccc(F)c(S(=O)(=O)N2CCCC2)c1. The lowest BCUT2D eigenvalue weighted by atomic mass is 9.91. The first-order valence-corrected chi connectivity index (χ1v) is 12.1. The van der Waals surface area contributed by atoms with Crippen LogP contribution in [0.5, 0.6) is 0 Å². The molecule has 1 aliphatic rings. The van der Waals surface area contributed by atoms with Crippen molar-refractivity contribution < 1.29 is 17.6 Å². The maximum absolute atomic E-state index is 14.4. The maximum Gasteiger partial charge on any atom is 0.251 e. The number of nitrogens with one attached hydrogen (secondary N) is 1. The zero-order valence-corrected chi connectivity index (χ0v) is 18.4. The molecule has 0 saturated carbocycles. The summed E-state index contributed by atoms with van der Waals surface area (Å²) in [4.78, 5) is 12.4. The third kappa shape index (κ3) is 4.74. The molecule has 5 nitrogen and oxygen atoms in total. The van der Waals surface area contributed by atoms with Crippen LogP contribution >= 0.6 is 0 Å². The Morgan fingerprint density at radius 1 is 0.906 bits per heavy atom. The lowest BCUT2D eigenvalue weighted by Crippen LogP contribution is -2.31. The third-order valence-corrected chi connectivity index (χ3v) is 7.66. The number of halogens is 1. The van der Waals surface area contributed by atoms with Gasteiger partial charge in [0, 0.05) is 31.1 Å². The molecule has 7 heteroatoms. The number of nitrogens with zero attached hydrogens (tertiary/aromatic N) is 1. The van der Waals surface area contributed by atoms with Gasteiger partial charge in [-0.25, -0.2) is 12.8 Å². The smallest absolute Gasteiger partial charge is 0.251 e. The summed E-state index contributed by atoms with van der Waals surface area (Å²) >= 11 is 0. The summed E-state index contributed by atoms with van der Waals surface area (Å²) < 4.78 is 41.3. The van der Waals surface area contributed by atoms with E-state index in [9.17, 15) is 17.6 Å². The molecular formula is C25H25FN2O3S. The van der Waals surface area contributed by atoms with Gasteiger partial charge in [0.1, 0.15) is 10.7 Å². The minimum absolute atomic E-state index is 0.0744. The summed E-state index contributed by atoms with van der Waals surface area (Å²) in [5.41, 5.74) is 2.22. The van der Waals surface area contributed by atoms with Gasteiger partial charge in [-0.05, 0) is 42.2 Å². The molecule has 1 fully saturated rings. The fraction of sp³-hybridized carbons (Fsp3) is 0.240. The van der Waals surface area contributed by atoms with Crippen molar-refractivity contribution in [1.29, 1.82) is 0 Å². The fourth-order valence-corrected chi connectivity index (χ4v) is 5.61. The van der Waals surface area contributed by atoms with Crippen molar-refractivity contribution in [3.8, 4) is 0 Å². The highest BCUT2D eigenvalue weighted by molar-refractivity contribution is 7.89. The van der Waals surface area contributed by atoms with Gasteiger partial charge in [0.2, 0.25) is 10.0 Å². The minimum Gasteiger partial charge on any atom is -0.351 e. The largest absolute Gasteiger partial charge is 0.351 e. The molecular weight excluding hydrogens is 427 g/mol. The van der Waals surface area contributed by atoms with Crippen LogP contribution in [-0.4, -0.2) is 38.3 Å². The normalized spacial score (nSPS) is 14.6. The number of amides is 1. The summed E-state index contributed by atoms with van der Waals surface area (Å²) in [7, 11) is -3.96. The van der Waals surface area contributed by atoms with Crippen LogP contribution < -0.4 is 5.32 Å². The van der Waals surface area contributed by atoms with E-state index in [0.717, 1.165) is 36.1 Å². The molecule has 3 aromatic rings. The molecule has 1 N–H and O–H groups in total. The molecule has 166 valence electrons. The first-order valence-electron chi connectivity index (χ1n) is 10.6. The Morgan fingerprint density at radius 3 is 2.03 bits per heavy atom. The summed E-state index contributed by atoms with van der Waals surface area (Å²) in [5, 5.41) is 2.89. The fourth-order valence-electron chi connectivity index (χ4n) is 4.01. The second kappa shape index (κ2) is 9.63. The Bertz CT molecular complexity index is 1140. The van der Waals surface area contributed by atoms with E-state index < -0.39 is 26.6 Å². The number of carbonyl (C=O) groups is 1. The van der Waals surface area contributed by atoms with Crippen molar-refractivity contribution in [2.45, 2.75) is 23.7 Å². The van der Waals surface area contributed by atoms with E-state index in [1.807, 2.05) is 60.7 Å². The van der Waals surface area contributed by atoms with Gasteiger partial charge in [0.15, 0.2) is 0 Å². The molecule has 1 aliphatic heterocycles. The predicted molar refractivity (Wildman–Crippen MR) is 121 cm³/mol. The van der Waals surface area contributed by atoms with Gasteiger partial charge in [-0.2, -0.15) is 4.31 Å². The van der Waals surface area contributed by atoms with Gasteiger partial charge in [-0.1, -0.05) is 60.7 Å². The number of carbonyl (C=O) groups excluding carboxylic acids is 1. The average Bonchev–Trinajstić information content (AvgIpc) is 3.37. The molecule has 0 aliphatic carbocycles. The van der Waals surface area contributed by atoms with E-state index in [2.05, 4.69) is 5.32 Å². The molecule has 0 unspecified atom stereocenters. The van der Waals surface area contributed by atoms with Crippen LogP contribution in [0.2, 0.25) is 0 Å². The van der Waals surface area contributed by atoms with Gasteiger partial charge in [0.25, 0.3) is 5.91 Å². The monoisotopic (exact) mass is 452 g/mol. The zero-order valence-electron chi connectivity index (χ0n) is 17.6. The Kier molecular flexibility index (Phi) is 6.67. The van der Waals surface area contributed by atoms with Crippen LogP contribution in [0.25, 0.3) is 0 Å². The van der Waals surface area contributed by atoms with Crippen LogP contribution in [0.3, 0.4) is 0 Å². The molecule has 0 spiro atoms. The third-order valence-electron chi connectivity index (χ3n) is 5.75. The zero-order chi connectivity index (χ0) is 22.6. The van der Waals surface area contributed by atoms with Gasteiger partial charge < -0.3 is 5.32 Å². The number of hydrogen-bond acceptors (Lipinski definition) is 3. The molecule has 4 rings (SSSR count). The van der Waals surface area contributed by atoms with Crippen molar-refractivity contribution in [1.82, 2.24) is 9.62 Å². The van der Waals surface area contributed by atoms with Gasteiger partial charge in [-0.15, -0.1) is 0 Å². The van der Waals surface area contributed by atoms with Crippen molar-refractivity contribution in [2.24, 2.45) is 0 Å². The van der Waals surface area contributed by atoms with Crippen LogP contribution in [0.1, 0.15) is 40.2 Å². The minimum atomic E-state index is -3.96. The lowest BCUT2D eigenvalue weighted by molar-refractivity contribution is 0.0952. The molecule has 0 aromatic heterocycles. The Morgan fingerprint density at radius 2 is 1.47 bits per heavy atom. The molecule has 1 saturated heterocycles. The lowest BCUT2D eigenvalue weighted by Gasteiger charge is -2.19. The predicted octanol–water partition coefficient (Wildman–Crippen LogP) is 4.17. The van der Waals surface area contributed by atoms with E-state index in [1.165, 1.54) is 10.4 Å². The van der Waals surface area contributed by atoms with Crippen molar-refractivity contribution >= 4 is 15.9 Å². The molecule has 1 heterocycles. The first-order chi connectivity index (χ1) is 15.5. The quantitative estimate of drug-likeness (QED) is 0.585. The van der Waals surface area contributed by atoms with Gasteiger partial charge in [-0.3, -0.25) is 4.79 Å². The highest BCUT2D eigenvalue weighted by Crippen LogP contribution is 2.26. The second-order valence-corrected chi connectivity index (χ2v) is 9.75. The van der Waals surface area contributed by atoms with Crippen LogP contribution in [0, 0.1) is 5.82 Å². The second-order valence-electron chi connectivity index (χ2n) is 7.84. The van der Waals surface area contributed by atoms with Crippen molar-refractivity contribution in [2.75, 3.05) is 19.6 Å². The number of hydrogen-bond donors (Lipinski definition) is 1.